The van der Waals surface area contributed by atoms with E-state index in [1.165, 1.54) is 17.8 Å². The number of nitrogens with one attached hydrogen (secondary N) is 2. The number of carbonyl (C=O) groups excluding carboxylic acids is 1. The van der Waals surface area contributed by atoms with Gasteiger partial charge < -0.3 is 10.3 Å². The molecule has 5 nitrogen and oxygen atoms in total. The zero-order chi connectivity index (χ0) is 17.5. The van der Waals surface area contributed by atoms with E-state index in [9.17, 15) is 9.59 Å². The summed E-state index contributed by atoms with van der Waals surface area (Å²) in [5.74, 6) is 0.329. The van der Waals surface area contributed by atoms with Crippen LogP contribution in [0.3, 0.4) is 0 Å². The number of pyridine rings is 1. The standard InChI is InChI=1S/C20H23N3O2/c24-19-9-8-18(14-21-19)20(25)22-13-17-10-12-23(15-17)11-4-7-16-5-2-1-3-6-16/h1-9,14,17H,10-13,15H2,(H,21,24)(H,22,25)/b7-4+. The van der Waals surface area contributed by atoms with Gasteiger partial charge in [0, 0.05) is 31.9 Å². The third-order valence-electron chi connectivity index (χ3n) is 4.44. The van der Waals surface area contributed by atoms with Gasteiger partial charge in [0.1, 0.15) is 0 Å². The van der Waals surface area contributed by atoms with E-state index in [2.05, 4.69) is 39.5 Å². The average Bonchev–Trinajstić information content (AvgIpc) is 3.09. The summed E-state index contributed by atoms with van der Waals surface area (Å²) in [6, 6.07) is 13.2. The molecule has 1 aliphatic rings. The van der Waals surface area contributed by atoms with Gasteiger partial charge >= 0.3 is 0 Å². The second-order valence-electron chi connectivity index (χ2n) is 6.38. The van der Waals surface area contributed by atoms with E-state index in [-0.39, 0.29) is 11.5 Å². The topological polar surface area (TPSA) is 65.2 Å². The molecule has 1 unspecified atom stereocenters. The molecule has 25 heavy (non-hydrogen) atoms. The normalized spacial score (nSPS) is 17.8. The molecule has 1 fully saturated rings. The Kier molecular flexibility index (Phi) is 5.80. The number of aromatic amines is 1. The molecule has 1 amide bonds. The van der Waals surface area contributed by atoms with Gasteiger partial charge in [0.05, 0.1) is 5.56 Å². The Hall–Kier alpha value is -2.66. The monoisotopic (exact) mass is 337 g/mol. The molecule has 0 radical (unpaired) electrons. The molecule has 5 heteroatoms. The Morgan fingerprint density at radius 1 is 1.24 bits per heavy atom. The van der Waals surface area contributed by atoms with Crippen LogP contribution in [0, 0.1) is 5.92 Å². The molecule has 0 saturated carbocycles. The molecule has 2 N–H and O–H groups in total. The van der Waals surface area contributed by atoms with Crippen LogP contribution >= 0.6 is 0 Å². The van der Waals surface area contributed by atoms with Crippen molar-refractivity contribution in [1.82, 2.24) is 15.2 Å². The summed E-state index contributed by atoms with van der Waals surface area (Å²) in [5.41, 5.74) is 1.50. The van der Waals surface area contributed by atoms with E-state index in [0.29, 0.717) is 18.0 Å². The Balaban J connectivity index is 1.41. The summed E-state index contributed by atoms with van der Waals surface area (Å²) in [6.07, 6.45) is 6.87. The zero-order valence-electron chi connectivity index (χ0n) is 14.2. The van der Waals surface area contributed by atoms with E-state index < -0.39 is 0 Å². The van der Waals surface area contributed by atoms with Gasteiger partial charge in [-0.05, 0) is 30.5 Å². The fourth-order valence-electron chi connectivity index (χ4n) is 3.04. The maximum Gasteiger partial charge on any atom is 0.252 e. The van der Waals surface area contributed by atoms with Crippen LogP contribution in [0.1, 0.15) is 22.3 Å². The van der Waals surface area contributed by atoms with Crippen LogP contribution in [0.25, 0.3) is 6.08 Å². The molecule has 0 aliphatic carbocycles. The Labute approximate surface area is 147 Å². The molecule has 1 aromatic carbocycles. The first-order chi connectivity index (χ1) is 12.2. The summed E-state index contributed by atoms with van der Waals surface area (Å²) in [6.45, 7) is 3.64. The number of rotatable bonds is 6. The van der Waals surface area contributed by atoms with Crippen LogP contribution < -0.4 is 10.9 Å². The lowest BCUT2D eigenvalue weighted by Crippen LogP contribution is -2.31. The van der Waals surface area contributed by atoms with Crippen LogP contribution in [0.5, 0.6) is 0 Å². The summed E-state index contributed by atoms with van der Waals surface area (Å²) in [4.78, 5) is 28.0. The van der Waals surface area contributed by atoms with Crippen LogP contribution in [0.15, 0.2) is 59.5 Å². The highest BCUT2D eigenvalue weighted by Crippen LogP contribution is 2.15. The van der Waals surface area contributed by atoms with Gasteiger partial charge in [-0.2, -0.15) is 0 Å². The number of carbonyl (C=O) groups is 1. The van der Waals surface area contributed by atoms with Crippen LogP contribution in [-0.2, 0) is 0 Å². The second-order valence-corrected chi connectivity index (χ2v) is 6.38. The smallest absolute Gasteiger partial charge is 0.252 e. The van der Waals surface area contributed by atoms with Crippen molar-refractivity contribution in [3.05, 3.63) is 76.2 Å². The van der Waals surface area contributed by atoms with Crippen molar-refractivity contribution in [3.8, 4) is 0 Å². The van der Waals surface area contributed by atoms with Gasteiger partial charge in [-0.25, -0.2) is 0 Å². The molecule has 0 bridgehead atoms. The van der Waals surface area contributed by atoms with Crippen LogP contribution in [0.2, 0.25) is 0 Å². The molecule has 130 valence electrons. The van der Waals surface area contributed by atoms with Crippen LogP contribution in [-0.4, -0.2) is 42.0 Å². The largest absolute Gasteiger partial charge is 0.352 e. The zero-order valence-corrected chi connectivity index (χ0v) is 14.2. The van der Waals surface area contributed by atoms with Gasteiger partial charge in [-0.15, -0.1) is 0 Å². The van der Waals surface area contributed by atoms with E-state index >= 15 is 0 Å². The minimum absolute atomic E-state index is 0.140. The van der Waals surface area contributed by atoms with Crippen molar-refractivity contribution in [2.45, 2.75) is 6.42 Å². The molecule has 0 spiro atoms. The first kappa shape index (κ1) is 17.2. The highest BCUT2D eigenvalue weighted by molar-refractivity contribution is 5.93. The first-order valence-electron chi connectivity index (χ1n) is 8.61. The highest BCUT2D eigenvalue weighted by atomic mass is 16.1. The van der Waals surface area contributed by atoms with Gasteiger partial charge in [-0.1, -0.05) is 42.5 Å². The number of aromatic nitrogens is 1. The summed E-state index contributed by atoms with van der Waals surface area (Å²) >= 11 is 0. The number of amides is 1. The van der Waals surface area contributed by atoms with Crippen molar-refractivity contribution in [2.75, 3.05) is 26.2 Å². The maximum atomic E-state index is 12.1. The molecular weight excluding hydrogens is 314 g/mol. The molecule has 2 heterocycles. The highest BCUT2D eigenvalue weighted by Gasteiger charge is 2.22. The minimum atomic E-state index is -0.202. The van der Waals surface area contributed by atoms with Gasteiger partial charge in [0.2, 0.25) is 5.56 Å². The Bertz CT molecular complexity index is 763. The summed E-state index contributed by atoms with van der Waals surface area (Å²) in [7, 11) is 0. The third-order valence-corrected chi connectivity index (χ3v) is 4.44. The lowest BCUT2D eigenvalue weighted by Gasteiger charge is -2.14. The van der Waals surface area contributed by atoms with E-state index in [1.807, 2.05) is 18.2 Å². The molecule has 1 saturated heterocycles. The van der Waals surface area contributed by atoms with Gasteiger partial charge in [0.25, 0.3) is 5.91 Å². The lowest BCUT2D eigenvalue weighted by molar-refractivity contribution is 0.0947. The Morgan fingerprint density at radius 2 is 2.08 bits per heavy atom. The Morgan fingerprint density at radius 3 is 2.84 bits per heavy atom. The minimum Gasteiger partial charge on any atom is -0.352 e. The number of hydrogen-bond acceptors (Lipinski definition) is 3. The number of hydrogen-bond donors (Lipinski definition) is 2. The van der Waals surface area contributed by atoms with E-state index in [0.717, 1.165) is 26.1 Å². The SMILES string of the molecule is O=C(NCC1CCN(C/C=C/c2ccccc2)C1)c1ccc(=O)[nH]c1. The van der Waals surface area contributed by atoms with Crippen molar-refractivity contribution < 1.29 is 4.79 Å². The maximum absolute atomic E-state index is 12.1. The van der Waals surface area contributed by atoms with Crippen molar-refractivity contribution in [1.29, 1.82) is 0 Å². The first-order valence-corrected chi connectivity index (χ1v) is 8.61. The molecule has 1 atom stereocenters. The average molecular weight is 337 g/mol. The number of likely N-dealkylation sites (tertiary alicyclic amines) is 1. The molecule has 1 aromatic heterocycles. The predicted molar refractivity (Wildman–Crippen MR) is 99.4 cm³/mol. The summed E-state index contributed by atoms with van der Waals surface area (Å²) < 4.78 is 0. The molecule has 3 rings (SSSR count). The van der Waals surface area contributed by atoms with Crippen LogP contribution in [0.4, 0.5) is 0 Å². The van der Waals surface area contributed by atoms with Crippen molar-refractivity contribution in [2.24, 2.45) is 5.92 Å². The lowest BCUT2D eigenvalue weighted by atomic mass is 10.1. The number of nitrogens with zero attached hydrogens (tertiary/aromatic N) is 1. The number of benzene rings is 1. The fourth-order valence-corrected chi connectivity index (χ4v) is 3.04. The number of H-pyrrole nitrogens is 1. The van der Waals surface area contributed by atoms with Gasteiger partial charge in [-0.3, -0.25) is 14.5 Å². The quantitative estimate of drug-likeness (QED) is 0.849. The third kappa shape index (κ3) is 5.16. The van der Waals surface area contributed by atoms with E-state index in [4.69, 9.17) is 0 Å². The van der Waals surface area contributed by atoms with Gasteiger partial charge in [0.15, 0.2) is 0 Å². The predicted octanol–water partition coefficient (Wildman–Crippen LogP) is 2.14. The second kappa shape index (κ2) is 8.44. The molecular formula is C20H23N3O2. The fraction of sp³-hybridized carbons (Fsp3) is 0.300. The molecule has 1 aliphatic heterocycles. The van der Waals surface area contributed by atoms with E-state index in [1.54, 1.807) is 6.07 Å². The van der Waals surface area contributed by atoms with Crippen molar-refractivity contribution >= 4 is 12.0 Å². The van der Waals surface area contributed by atoms with Crippen molar-refractivity contribution in [3.63, 3.8) is 0 Å². The molecule has 2 aromatic rings. The summed E-state index contributed by atoms with van der Waals surface area (Å²) in [5, 5.41) is 2.96.